The minimum absolute atomic E-state index is 0.0420. The summed E-state index contributed by atoms with van der Waals surface area (Å²) in [5.74, 6) is 0.0420. The molecule has 0 aliphatic carbocycles. The number of amides is 1. The van der Waals surface area contributed by atoms with Crippen LogP contribution in [0.25, 0.3) is 10.9 Å². The van der Waals surface area contributed by atoms with Crippen LogP contribution in [0, 0.1) is 0 Å². The second-order valence-electron chi connectivity index (χ2n) is 5.94. The number of aromatic nitrogens is 3. The second-order valence-corrected chi connectivity index (χ2v) is 5.94. The Morgan fingerprint density at radius 2 is 2.12 bits per heavy atom. The van der Waals surface area contributed by atoms with Crippen LogP contribution in [-0.2, 0) is 0 Å². The van der Waals surface area contributed by atoms with E-state index in [2.05, 4.69) is 15.0 Å². The van der Waals surface area contributed by atoms with Crippen molar-refractivity contribution in [2.45, 2.75) is 18.9 Å². The van der Waals surface area contributed by atoms with Gasteiger partial charge in [0.1, 0.15) is 6.10 Å². The average molecular weight is 322 g/mol. The van der Waals surface area contributed by atoms with Gasteiger partial charge in [-0.25, -0.2) is 9.97 Å². The van der Waals surface area contributed by atoms with E-state index in [0.717, 1.165) is 30.3 Å². The SMILES string of the molecule is O=C(c1ccc2[nH]ccc2c1)N1CCCC(Oc2ncccn2)C1. The van der Waals surface area contributed by atoms with Gasteiger partial charge in [0.15, 0.2) is 0 Å². The van der Waals surface area contributed by atoms with Gasteiger partial charge in [-0.3, -0.25) is 4.79 Å². The standard InChI is InChI=1S/C18H18N4O2/c23-17(14-4-5-16-13(11-14)6-9-19-16)22-10-1-3-15(12-22)24-18-20-7-2-8-21-18/h2,4-9,11,15,19H,1,3,10,12H2. The lowest BCUT2D eigenvalue weighted by Crippen LogP contribution is -2.44. The highest BCUT2D eigenvalue weighted by atomic mass is 16.5. The zero-order chi connectivity index (χ0) is 16.4. The Bertz CT molecular complexity index is 846. The molecule has 4 rings (SSSR count). The maximum absolute atomic E-state index is 12.8. The second kappa shape index (κ2) is 6.31. The van der Waals surface area contributed by atoms with Crippen LogP contribution in [0.2, 0.25) is 0 Å². The Morgan fingerprint density at radius 1 is 1.25 bits per heavy atom. The Balaban J connectivity index is 1.47. The van der Waals surface area contributed by atoms with Crippen molar-refractivity contribution < 1.29 is 9.53 Å². The number of nitrogens with zero attached hydrogens (tertiary/aromatic N) is 3. The van der Waals surface area contributed by atoms with Gasteiger partial charge in [-0.1, -0.05) is 0 Å². The molecule has 6 heteroatoms. The highest BCUT2D eigenvalue weighted by Crippen LogP contribution is 2.20. The molecule has 1 amide bonds. The molecule has 1 unspecified atom stereocenters. The summed E-state index contributed by atoms with van der Waals surface area (Å²) in [6.07, 6.45) is 6.93. The maximum atomic E-state index is 12.8. The summed E-state index contributed by atoms with van der Waals surface area (Å²) in [4.78, 5) is 26.0. The molecule has 1 fully saturated rings. The number of piperidine rings is 1. The third-order valence-electron chi connectivity index (χ3n) is 4.28. The lowest BCUT2D eigenvalue weighted by Gasteiger charge is -2.32. The molecule has 1 saturated heterocycles. The number of rotatable bonds is 3. The van der Waals surface area contributed by atoms with Crippen LogP contribution in [0.4, 0.5) is 0 Å². The van der Waals surface area contributed by atoms with Crippen molar-refractivity contribution in [3.05, 3.63) is 54.5 Å². The van der Waals surface area contributed by atoms with E-state index in [9.17, 15) is 4.79 Å². The van der Waals surface area contributed by atoms with Crippen molar-refractivity contribution in [3.8, 4) is 6.01 Å². The fraction of sp³-hybridized carbons (Fsp3) is 0.278. The number of carbonyl (C=O) groups is 1. The normalized spacial score (nSPS) is 17.8. The first-order valence-electron chi connectivity index (χ1n) is 8.10. The summed E-state index contributed by atoms with van der Waals surface area (Å²) in [6, 6.07) is 9.83. The van der Waals surface area contributed by atoms with Crippen LogP contribution >= 0.6 is 0 Å². The maximum Gasteiger partial charge on any atom is 0.316 e. The Hall–Kier alpha value is -2.89. The molecule has 24 heavy (non-hydrogen) atoms. The molecule has 3 aromatic rings. The number of likely N-dealkylation sites (tertiary alicyclic amines) is 1. The van der Waals surface area contributed by atoms with Gasteiger partial charge in [0.05, 0.1) is 6.54 Å². The predicted molar refractivity (Wildman–Crippen MR) is 89.9 cm³/mol. The third kappa shape index (κ3) is 2.95. The summed E-state index contributed by atoms with van der Waals surface area (Å²) in [6.45, 7) is 1.31. The van der Waals surface area contributed by atoms with E-state index in [4.69, 9.17) is 4.74 Å². The molecule has 1 aliphatic rings. The Labute approximate surface area is 139 Å². The van der Waals surface area contributed by atoms with E-state index in [1.165, 1.54) is 0 Å². The number of hydrogen-bond acceptors (Lipinski definition) is 4. The molecule has 1 aliphatic heterocycles. The summed E-state index contributed by atoms with van der Waals surface area (Å²) in [5, 5.41) is 1.04. The summed E-state index contributed by atoms with van der Waals surface area (Å²) in [5.41, 5.74) is 1.74. The average Bonchev–Trinajstić information content (AvgIpc) is 3.10. The lowest BCUT2D eigenvalue weighted by atomic mass is 10.1. The van der Waals surface area contributed by atoms with Crippen molar-refractivity contribution in [3.63, 3.8) is 0 Å². The highest BCUT2D eigenvalue weighted by Gasteiger charge is 2.26. The molecular formula is C18H18N4O2. The first-order chi connectivity index (χ1) is 11.8. The van der Waals surface area contributed by atoms with Crippen LogP contribution in [0.1, 0.15) is 23.2 Å². The molecule has 0 spiro atoms. The van der Waals surface area contributed by atoms with Crippen molar-refractivity contribution in [2.75, 3.05) is 13.1 Å². The van der Waals surface area contributed by atoms with Gasteiger partial charge in [-0.15, -0.1) is 0 Å². The van der Waals surface area contributed by atoms with Crippen molar-refractivity contribution >= 4 is 16.8 Å². The minimum Gasteiger partial charge on any atom is -0.458 e. The molecule has 1 aromatic carbocycles. The van der Waals surface area contributed by atoms with Gasteiger partial charge < -0.3 is 14.6 Å². The van der Waals surface area contributed by atoms with Crippen LogP contribution < -0.4 is 4.74 Å². The monoisotopic (exact) mass is 322 g/mol. The zero-order valence-electron chi connectivity index (χ0n) is 13.2. The molecule has 1 atom stereocenters. The number of aromatic amines is 1. The molecule has 3 heterocycles. The van der Waals surface area contributed by atoms with Crippen LogP contribution in [0.5, 0.6) is 6.01 Å². The first-order valence-corrected chi connectivity index (χ1v) is 8.10. The molecule has 1 N–H and O–H groups in total. The van der Waals surface area contributed by atoms with Gasteiger partial charge in [0, 0.05) is 41.6 Å². The highest BCUT2D eigenvalue weighted by molar-refractivity contribution is 5.98. The molecule has 0 saturated carbocycles. The van der Waals surface area contributed by atoms with E-state index in [1.807, 2.05) is 35.4 Å². The minimum atomic E-state index is -0.0684. The number of nitrogens with one attached hydrogen (secondary N) is 1. The number of H-pyrrole nitrogens is 1. The smallest absolute Gasteiger partial charge is 0.316 e. The molecule has 122 valence electrons. The fourth-order valence-corrected chi connectivity index (χ4v) is 3.08. The van der Waals surface area contributed by atoms with Crippen molar-refractivity contribution in [1.29, 1.82) is 0 Å². The largest absolute Gasteiger partial charge is 0.458 e. The Kier molecular flexibility index (Phi) is 3.86. The van der Waals surface area contributed by atoms with E-state index in [0.29, 0.717) is 18.1 Å². The van der Waals surface area contributed by atoms with E-state index in [1.54, 1.807) is 18.5 Å². The van der Waals surface area contributed by atoms with Gasteiger partial charge in [0.25, 0.3) is 5.91 Å². The topological polar surface area (TPSA) is 71.1 Å². The first kappa shape index (κ1) is 14.7. The van der Waals surface area contributed by atoms with Crippen LogP contribution in [0.3, 0.4) is 0 Å². The molecule has 6 nitrogen and oxygen atoms in total. The fourth-order valence-electron chi connectivity index (χ4n) is 3.08. The molecule has 0 radical (unpaired) electrons. The van der Waals surface area contributed by atoms with Crippen molar-refractivity contribution in [1.82, 2.24) is 19.9 Å². The zero-order valence-corrected chi connectivity index (χ0v) is 13.2. The Morgan fingerprint density at radius 3 is 3.00 bits per heavy atom. The number of benzene rings is 1. The van der Waals surface area contributed by atoms with Gasteiger partial charge in [0.2, 0.25) is 0 Å². The quantitative estimate of drug-likeness (QED) is 0.805. The van der Waals surface area contributed by atoms with E-state index >= 15 is 0 Å². The predicted octanol–water partition coefficient (Wildman–Crippen LogP) is 2.64. The van der Waals surface area contributed by atoms with Gasteiger partial charge in [-0.05, 0) is 43.2 Å². The molecule has 2 aromatic heterocycles. The summed E-state index contributed by atoms with van der Waals surface area (Å²) in [7, 11) is 0. The lowest BCUT2D eigenvalue weighted by molar-refractivity contribution is 0.0516. The van der Waals surface area contributed by atoms with Crippen molar-refractivity contribution in [2.24, 2.45) is 0 Å². The number of hydrogen-bond donors (Lipinski definition) is 1. The van der Waals surface area contributed by atoms with E-state index < -0.39 is 0 Å². The third-order valence-corrected chi connectivity index (χ3v) is 4.28. The number of fused-ring (bicyclic) bond motifs is 1. The molecular weight excluding hydrogens is 304 g/mol. The van der Waals surface area contributed by atoms with Crippen LogP contribution in [0.15, 0.2) is 48.9 Å². The van der Waals surface area contributed by atoms with Crippen LogP contribution in [-0.4, -0.2) is 45.0 Å². The number of ether oxygens (including phenoxy) is 1. The van der Waals surface area contributed by atoms with Gasteiger partial charge in [-0.2, -0.15) is 0 Å². The number of carbonyl (C=O) groups excluding carboxylic acids is 1. The van der Waals surface area contributed by atoms with E-state index in [-0.39, 0.29) is 12.0 Å². The van der Waals surface area contributed by atoms with Gasteiger partial charge >= 0.3 is 6.01 Å². The molecule has 0 bridgehead atoms. The summed E-state index contributed by atoms with van der Waals surface area (Å²) < 4.78 is 5.81. The summed E-state index contributed by atoms with van der Waals surface area (Å²) >= 11 is 0.